The summed E-state index contributed by atoms with van der Waals surface area (Å²) in [5, 5.41) is 0. The van der Waals surface area contributed by atoms with E-state index in [0.29, 0.717) is 5.92 Å². The summed E-state index contributed by atoms with van der Waals surface area (Å²) in [5.74, 6) is 0.610. The van der Waals surface area contributed by atoms with Gasteiger partial charge in [-0.2, -0.15) is 0 Å². The summed E-state index contributed by atoms with van der Waals surface area (Å²) >= 11 is 1.86. The highest BCUT2D eigenvalue weighted by atomic mass is 32.2. The van der Waals surface area contributed by atoms with Gasteiger partial charge in [0.25, 0.3) is 0 Å². The van der Waals surface area contributed by atoms with Crippen LogP contribution in [-0.2, 0) is 0 Å². The van der Waals surface area contributed by atoms with E-state index < -0.39 is 0 Å². The van der Waals surface area contributed by atoms with Crippen molar-refractivity contribution in [1.82, 2.24) is 0 Å². The molecule has 1 aliphatic heterocycles. The molecule has 2 heteroatoms. The van der Waals surface area contributed by atoms with Crippen LogP contribution in [0.3, 0.4) is 0 Å². The predicted molar refractivity (Wildman–Crippen MR) is 78.2 cm³/mol. The molecule has 0 radical (unpaired) electrons. The lowest BCUT2D eigenvalue weighted by molar-refractivity contribution is 0.769. The van der Waals surface area contributed by atoms with Crippen molar-refractivity contribution in [3.05, 3.63) is 21.5 Å². The molecule has 1 nitrogen and oxygen atoms in total. The van der Waals surface area contributed by atoms with Crippen molar-refractivity contribution in [2.45, 2.75) is 48.5 Å². The molecule has 0 N–H and O–H groups in total. The van der Waals surface area contributed by atoms with E-state index in [1.165, 1.54) is 21.1 Å². The first-order valence-electron chi connectivity index (χ1n) is 6.18. The Balaban J connectivity index is 0.00000106. The zero-order chi connectivity index (χ0) is 12.7. The highest BCUT2D eigenvalue weighted by molar-refractivity contribution is 8.08. The molecule has 0 saturated carbocycles. The Bertz CT molecular complexity index is 309. The number of hydrogen-bond donors (Lipinski definition) is 0. The fourth-order valence-electron chi connectivity index (χ4n) is 1.33. The maximum Gasteiger partial charge on any atom is 0.0720 e. The lowest BCUT2D eigenvalue weighted by Gasteiger charge is -2.10. The van der Waals surface area contributed by atoms with E-state index in [0.717, 1.165) is 6.54 Å². The molecule has 0 spiro atoms. The van der Waals surface area contributed by atoms with Gasteiger partial charge >= 0.3 is 0 Å². The highest BCUT2D eigenvalue weighted by Gasteiger charge is 2.18. The molecule has 0 aliphatic carbocycles. The second-order valence-electron chi connectivity index (χ2n) is 3.88. The summed E-state index contributed by atoms with van der Waals surface area (Å²) < 4.78 is 0. The van der Waals surface area contributed by atoms with E-state index in [9.17, 15) is 0 Å². The lowest BCUT2D eigenvalue weighted by atomic mass is 10.0. The quantitative estimate of drug-likeness (QED) is 0.656. The molecule has 0 saturated heterocycles. The van der Waals surface area contributed by atoms with Crippen LogP contribution in [-0.4, -0.2) is 12.3 Å². The molecule has 0 aromatic heterocycles. The number of nitrogens with zero attached hydrogens (tertiary/aromatic N) is 1. The van der Waals surface area contributed by atoms with Crippen molar-refractivity contribution in [2.24, 2.45) is 10.9 Å². The van der Waals surface area contributed by atoms with Gasteiger partial charge in [-0.3, -0.25) is 4.99 Å². The minimum Gasteiger partial charge on any atom is -0.284 e. The second-order valence-corrected chi connectivity index (χ2v) is 5.14. The van der Waals surface area contributed by atoms with Crippen LogP contribution < -0.4 is 0 Å². The number of allylic oxidation sites excluding steroid dienone is 4. The number of thioether (sulfide) groups is 1. The van der Waals surface area contributed by atoms with Gasteiger partial charge in [-0.05, 0) is 37.7 Å². The summed E-state index contributed by atoms with van der Waals surface area (Å²) in [7, 11) is 0. The lowest BCUT2D eigenvalue weighted by Crippen LogP contribution is -2.00. The van der Waals surface area contributed by atoms with E-state index in [4.69, 9.17) is 0 Å². The molecule has 16 heavy (non-hydrogen) atoms. The zero-order valence-electron chi connectivity index (χ0n) is 11.7. The average molecular weight is 239 g/mol. The molecule has 0 aromatic rings. The third-order valence-electron chi connectivity index (χ3n) is 2.39. The molecular formula is C14H25NS. The Hall–Kier alpha value is -0.500. The van der Waals surface area contributed by atoms with Crippen LogP contribution in [0.4, 0.5) is 0 Å². The molecule has 0 atom stereocenters. The van der Waals surface area contributed by atoms with Gasteiger partial charge in [-0.1, -0.05) is 45.0 Å². The molecular weight excluding hydrogens is 214 g/mol. The van der Waals surface area contributed by atoms with Crippen LogP contribution in [0.2, 0.25) is 0 Å². The molecule has 1 rings (SSSR count). The number of hydrogen-bond acceptors (Lipinski definition) is 2. The molecule has 0 aromatic carbocycles. The van der Waals surface area contributed by atoms with E-state index in [1.807, 2.05) is 25.6 Å². The molecule has 1 heterocycles. The topological polar surface area (TPSA) is 12.4 Å². The Morgan fingerprint density at radius 2 is 1.94 bits per heavy atom. The van der Waals surface area contributed by atoms with Crippen LogP contribution in [0.1, 0.15) is 48.5 Å². The van der Waals surface area contributed by atoms with Crippen molar-refractivity contribution in [1.29, 1.82) is 0 Å². The third-order valence-corrected chi connectivity index (χ3v) is 3.56. The van der Waals surface area contributed by atoms with Gasteiger partial charge in [-0.25, -0.2) is 0 Å². The first-order chi connectivity index (χ1) is 7.56. The minimum absolute atomic E-state index is 0.610. The Morgan fingerprint density at radius 3 is 2.38 bits per heavy atom. The number of aliphatic imine (C=N–C) groups is 1. The van der Waals surface area contributed by atoms with Gasteiger partial charge in [0, 0.05) is 11.4 Å². The van der Waals surface area contributed by atoms with Gasteiger partial charge in [0.2, 0.25) is 0 Å². The summed E-state index contributed by atoms with van der Waals surface area (Å²) in [6, 6.07) is 0. The van der Waals surface area contributed by atoms with Gasteiger partial charge in [-0.15, -0.1) is 0 Å². The smallest absolute Gasteiger partial charge is 0.0720 e. The van der Waals surface area contributed by atoms with Crippen LogP contribution in [0.15, 0.2) is 26.5 Å². The third kappa shape index (κ3) is 4.17. The minimum atomic E-state index is 0.610. The first-order valence-corrected chi connectivity index (χ1v) is 6.99. The second kappa shape index (κ2) is 7.72. The maximum atomic E-state index is 4.52. The molecule has 0 amide bonds. The molecule has 1 aliphatic rings. The average Bonchev–Trinajstić information content (AvgIpc) is 2.62. The van der Waals surface area contributed by atoms with Crippen molar-refractivity contribution in [3.63, 3.8) is 0 Å². The van der Waals surface area contributed by atoms with Gasteiger partial charge in [0.05, 0.1) is 5.71 Å². The Kier molecular flexibility index (Phi) is 7.48. The van der Waals surface area contributed by atoms with Crippen LogP contribution >= 0.6 is 11.8 Å². The Labute approximate surface area is 105 Å². The van der Waals surface area contributed by atoms with Gasteiger partial charge < -0.3 is 0 Å². The van der Waals surface area contributed by atoms with E-state index in [2.05, 4.69) is 45.7 Å². The predicted octanol–water partition coefficient (Wildman–Crippen LogP) is 5.05. The van der Waals surface area contributed by atoms with Crippen molar-refractivity contribution in [3.8, 4) is 0 Å². The van der Waals surface area contributed by atoms with Gasteiger partial charge in [0.15, 0.2) is 0 Å². The molecule has 0 bridgehead atoms. The maximum absolute atomic E-state index is 4.52. The van der Waals surface area contributed by atoms with Crippen molar-refractivity contribution >= 4 is 17.5 Å². The first kappa shape index (κ1) is 15.5. The van der Waals surface area contributed by atoms with E-state index >= 15 is 0 Å². The van der Waals surface area contributed by atoms with Crippen LogP contribution in [0.25, 0.3) is 0 Å². The SMILES string of the molecule is CC.CCN=C1C=C(C)S/C1=C(/C)C(C)C. The Morgan fingerprint density at radius 1 is 1.38 bits per heavy atom. The summed E-state index contributed by atoms with van der Waals surface area (Å²) in [5.41, 5.74) is 2.64. The van der Waals surface area contributed by atoms with Crippen molar-refractivity contribution < 1.29 is 0 Å². The summed E-state index contributed by atoms with van der Waals surface area (Å²) in [6.07, 6.45) is 2.19. The van der Waals surface area contributed by atoms with Crippen molar-refractivity contribution in [2.75, 3.05) is 6.54 Å². The number of rotatable bonds is 2. The molecule has 0 fully saturated rings. The standard InChI is InChI=1S/C12H19NS.C2H6/c1-6-13-11-7-9(4)14-12(11)10(5)8(2)3;1-2/h7-8H,6H2,1-5H3;1-2H3/b12-10-,13-11?;. The normalized spacial score (nSPS) is 20.8. The molecule has 92 valence electrons. The fourth-order valence-corrected chi connectivity index (χ4v) is 2.45. The largest absolute Gasteiger partial charge is 0.284 e. The summed E-state index contributed by atoms with van der Waals surface area (Å²) in [4.78, 5) is 7.25. The van der Waals surface area contributed by atoms with E-state index in [-0.39, 0.29) is 0 Å². The summed E-state index contributed by atoms with van der Waals surface area (Å²) in [6.45, 7) is 15.8. The molecule has 0 unspecified atom stereocenters. The van der Waals surface area contributed by atoms with Crippen LogP contribution in [0.5, 0.6) is 0 Å². The van der Waals surface area contributed by atoms with Crippen LogP contribution in [0, 0.1) is 5.92 Å². The fraction of sp³-hybridized carbons (Fsp3) is 0.643. The monoisotopic (exact) mass is 239 g/mol. The van der Waals surface area contributed by atoms with E-state index in [1.54, 1.807) is 0 Å². The van der Waals surface area contributed by atoms with Gasteiger partial charge in [0.1, 0.15) is 0 Å². The highest BCUT2D eigenvalue weighted by Crippen LogP contribution is 2.37. The zero-order valence-corrected chi connectivity index (χ0v) is 12.5.